The Hall–Kier alpha value is -2.21. The van der Waals surface area contributed by atoms with Crippen molar-refractivity contribution in [2.75, 3.05) is 6.54 Å². The molecule has 0 saturated heterocycles. The fraction of sp³-hybridized carbons (Fsp3) is 0.346. The lowest BCUT2D eigenvalue weighted by Gasteiger charge is -2.31. The molecule has 2 aromatic carbocycles. The molecule has 0 aliphatic carbocycles. The van der Waals surface area contributed by atoms with E-state index in [1.807, 2.05) is 26.8 Å². The third-order valence-corrected chi connectivity index (χ3v) is 6.38. The number of thiol groups is 1. The first-order valence-electron chi connectivity index (χ1n) is 10.4. The first-order chi connectivity index (χ1) is 14.6. The number of terminal acetylenes is 1. The van der Waals surface area contributed by atoms with E-state index < -0.39 is 0 Å². The first kappa shape index (κ1) is 25.1. The topological polar surface area (TPSA) is 35.8 Å². The third-order valence-electron chi connectivity index (χ3n) is 5.54. The molecule has 31 heavy (non-hydrogen) atoms. The van der Waals surface area contributed by atoms with Gasteiger partial charge in [0.1, 0.15) is 11.6 Å². The molecule has 0 radical (unpaired) electrons. The van der Waals surface area contributed by atoms with Crippen LogP contribution in [-0.2, 0) is 0 Å². The quantitative estimate of drug-likeness (QED) is 0.187. The van der Waals surface area contributed by atoms with Gasteiger partial charge < -0.3 is 10.0 Å². The van der Waals surface area contributed by atoms with Gasteiger partial charge in [-0.25, -0.2) is 4.99 Å². The summed E-state index contributed by atoms with van der Waals surface area (Å²) in [6, 6.07) is 10.3. The lowest BCUT2D eigenvalue weighted by atomic mass is 10.0. The highest BCUT2D eigenvalue weighted by Crippen LogP contribution is 2.31. The van der Waals surface area contributed by atoms with Crippen LogP contribution in [0.2, 0.25) is 0 Å². The minimum atomic E-state index is 0.0683. The van der Waals surface area contributed by atoms with E-state index in [2.05, 4.69) is 71.7 Å². The van der Waals surface area contributed by atoms with Crippen LogP contribution in [0.15, 0.2) is 40.2 Å². The van der Waals surface area contributed by atoms with Crippen LogP contribution < -0.4 is 5.30 Å². The van der Waals surface area contributed by atoms with Crippen molar-refractivity contribution < 1.29 is 5.11 Å². The summed E-state index contributed by atoms with van der Waals surface area (Å²) in [4.78, 5) is 8.05. The molecule has 2 unspecified atom stereocenters. The number of amidine groups is 1. The number of aromatic hydroxyl groups is 1. The van der Waals surface area contributed by atoms with Gasteiger partial charge in [0, 0.05) is 16.9 Å². The molecule has 0 amide bonds. The third kappa shape index (κ3) is 5.94. The standard InChI is InChI=1S/C26H33N2OPS/c1-8-12-28(19(6)21-11-10-16(3)24(30)15-21)25(9-2)27-26(20(7)31)22-13-18(5)23(29)14-17(22)4/h1,10-11,13-15,19,29,31H,9,12,30H2,2-7H3/b26-20-,27-25+. The van der Waals surface area contributed by atoms with Crippen LogP contribution in [0, 0.1) is 33.1 Å². The number of hydrogen-bond acceptors (Lipinski definition) is 3. The van der Waals surface area contributed by atoms with Crippen molar-refractivity contribution in [2.45, 2.75) is 54.0 Å². The van der Waals surface area contributed by atoms with Crippen molar-refractivity contribution in [3.63, 3.8) is 0 Å². The molecular weight excluding hydrogens is 419 g/mol. The van der Waals surface area contributed by atoms with Gasteiger partial charge in [-0.15, -0.1) is 28.3 Å². The predicted octanol–water partition coefficient (Wildman–Crippen LogP) is 5.94. The lowest BCUT2D eigenvalue weighted by molar-refractivity contribution is 0.367. The van der Waals surface area contributed by atoms with Crippen molar-refractivity contribution in [1.29, 1.82) is 0 Å². The highest BCUT2D eigenvalue weighted by atomic mass is 32.1. The monoisotopic (exact) mass is 452 g/mol. The molecule has 0 bridgehead atoms. The molecule has 0 spiro atoms. The van der Waals surface area contributed by atoms with Gasteiger partial charge in [0.25, 0.3) is 0 Å². The van der Waals surface area contributed by atoms with E-state index in [1.165, 1.54) is 16.4 Å². The molecule has 2 atom stereocenters. The molecule has 164 valence electrons. The van der Waals surface area contributed by atoms with Crippen LogP contribution in [0.1, 0.15) is 61.1 Å². The first-order valence-corrected chi connectivity index (χ1v) is 11.5. The van der Waals surface area contributed by atoms with Gasteiger partial charge in [0.05, 0.1) is 18.3 Å². The Morgan fingerprint density at radius 1 is 1.19 bits per heavy atom. The summed E-state index contributed by atoms with van der Waals surface area (Å²) in [6.07, 6.45) is 6.48. The van der Waals surface area contributed by atoms with Gasteiger partial charge in [0.15, 0.2) is 0 Å². The van der Waals surface area contributed by atoms with E-state index in [9.17, 15) is 5.11 Å². The number of phenolic OH excluding ortho intramolecular Hbond substituents is 1. The highest BCUT2D eigenvalue weighted by Gasteiger charge is 2.20. The van der Waals surface area contributed by atoms with Gasteiger partial charge in [-0.2, -0.15) is 0 Å². The molecule has 0 aliphatic rings. The van der Waals surface area contributed by atoms with E-state index in [0.717, 1.165) is 39.5 Å². The maximum atomic E-state index is 10.1. The van der Waals surface area contributed by atoms with Crippen LogP contribution in [0.3, 0.4) is 0 Å². The number of hydrogen-bond donors (Lipinski definition) is 2. The smallest absolute Gasteiger partial charge is 0.118 e. The molecule has 5 heteroatoms. The average molecular weight is 453 g/mol. The summed E-state index contributed by atoms with van der Waals surface area (Å²) < 4.78 is 0. The van der Waals surface area contributed by atoms with Gasteiger partial charge in [0.2, 0.25) is 0 Å². The Morgan fingerprint density at radius 2 is 1.87 bits per heavy atom. The largest absolute Gasteiger partial charge is 0.508 e. The van der Waals surface area contributed by atoms with Gasteiger partial charge in [-0.05, 0) is 80.4 Å². The number of nitrogens with zero attached hydrogens (tertiary/aromatic N) is 2. The molecule has 3 nitrogen and oxygen atoms in total. The minimum Gasteiger partial charge on any atom is -0.508 e. The van der Waals surface area contributed by atoms with Crippen molar-refractivity contribution in [3.8, 4) is 18.1 Å². The molecule has 0 fully saturated rings. The Kier molecular flexibility index (Phi) is 8.80. The summed E-state index contributed by atoms with van der Waals surface area (Å²) in [5.74, 6) is 3.99. The second-order valence-electron chi connectivity index (χ2n) is 7.89. The number of allylic oxidation sites excluding steroid dienone is 1. The van der Waals surface area contributed by atoms with E-state index in [0.29, 0.717) is 6.54 Å². The van der Waals surface area contributed by atoms with E-state index in [1.54, 1.807) is 6.07 Å². The van der Waals surface area contributed by atoms with E-state index >= 15 is 0 Å². The van der Waals surface area contributed by atoms with Crippen molar-refractivity contribution in [2.24, 2.45) is 4.99 Å². The summed E-state index contributed by atoms with van der Waals surface area (Å²) in [5, 5.41) is 11.3. The molecule has 0 heterocycles. The van der Waals surface area contributed by atoms with Gasteiger partial charge in [-0.1, -0.05) is 25.0 Å². The van der Waals surface area contributed by atoms with Gasteiger partial charge in [-0.3, -0.25) is 0 Å². The van der Waals surface area contributed by atoms with Crippen molar-refractivity contribution in [3.05, 3.63) is 63.1 Å². The summed E-state index contributed by atoms with van der Waals surface area (Å²) >= 11 is 4.64. The second-order valence-corrected chi connectivity index (χ2v) is 9.19. The number of aliphatic imine (C=N–C) groups is 1. The molecule has 0 aromatic heterocycles. The molecule has 2 aromatic rings. The zero-order valence-corrected chi connectivity index (χ0v) is 21.4. The summed E-state index contributed by atoms with van der Waals surface area (Å²) in [6.45, 7) is 12.6. The van der Waals surface area contributed by atoms with Crippen LogP contribution >= 0.6 is 21.9 Å². The molecular formula is C26H33N2OPS. The van der Waals surface area contributed by atoms with E-state index in [4.69, 9.17) is 11.4 Å². The maximum absolute atomic E-state index is 10.1. The van der Waals surface area contributed by atoms with Crippen LogP contribution in [0.25, 0.3) is 5.70 Å². The minimum absolute atomic E-state index is 0.0683. The number of benzene rings is 2. The molecule has 1 N–H and O–H groups in total. The zero-order valence-electron chi connectivity index (χ0n) is 19.3. The van der Waals surface area contributed by atoms with Crippen LogP contribution in [0.4, 0.5) is 0 Å². The fourth-order valence-electron chi connectivity index (χ4n) is 3.52. The van der Waals surface area contributed by atoms with Gasteiger partial charge >= 0.3 is 0 Å². The normalized spacial score (nSPS) is 13.5. The lowest BCUT2D eigenvalue weighted by Crippen LogP contribution is -2.34. The predicted molar refractivity (Wildman–Crippen MR) is 141 cm³/mol. The van der Waals surface area contributed by atoms with Crippen molar-refractivity contribution >= 4 is 38.7 Å². The Labute approximate surface area is 195 Å². The molecule has 0 aliphatic heterocycles. The average Bonchev–Trinajstić information content (AvgIpc) is 2.72. The fourth-order valence-corrected chi connectivity index (χ4v) is 3.98. The Bertz CT molecular complexity index is 1060. The Morgan fingerprint density at radius 3 is 2.42 bits per heavy atom. The molecule has 2 rings (SSSR count). The number of aryl methyl sites for hydroxylation is 3. The Balaban J connectivity index is 2.58. The van der Waals surface area contributed by atoms with Crippen LogP contribution in [-0.4, -0.2) is 22.4 Å². The highest BCUT2D eigenvalue weighted by molar-refractivity contribution is 7.84. The number of phenols is 1. The number of rotatable bonds is 6. The summed E-state index contributed by atoms with van der Waals surface area (Å²) in [5.41, 5.74) is 5.95. The van der Waals surface area contributed by atoms with Crippen molar-refractivity contribution in [1.82, 2.24) is 4.90 Å². The molecule has 0 saturated carbocycles. The summed E-state index contributed by atoms with van der Waals surface area (Å²) in [7, 11) is 2.80. The van der Waals surface area contributed by atoms with E-state index in [-0.39, 0.29) is 11.8 Å². The zero-order chi connectivity index (χ0) is 23.3. The second kappa shape index (κ2) is 10.9. The maximum Gasteiger partial charge on any atom is 0.118 e. The SMILES string of the molecule is C#CCN(/C(CC)=N/C(=C(/C)S)c1cc(C)c(O)cc1C)C(C)c1ccc(C)c(P)c1. The van der Waals surface area contributed by atoms with Crippen LogP contribution in [0.5, 0.6) is 5.75 Å².